The second kappa shape index (κ2) is 8.42. The summed E-state index contributed by atoms with van der Waals surface area (Å²) in [4.78, 5) is 34.5. The van der Waals surface area contributed by atoms with Gasteiger partial charge in [0.2, 0.25) is 0 Å². The molecule has 0 aliphatic rings. The van der Waals surface area contributed by atoms with Gasteiger partial charge in [0.15, 0.2) is 5.65 Å². The minimum atomic E-state index is -0.530. The number of fused-ring (bicyclic) bond motifs is 1. The molecule has 2 heterocycles. The lowest BCUT2D eigenvalue weighted by Gasteiger charge is -2.08. The highest BCUT2D eigenvalue weighted by atomic mass is 32.2. The Morgan fingerprint density at radius 1 is 1.43 bits per heavy atom. The lowest BCUT2D eigenvalue weighted by molar-refractivity contribution is 0.211. The Morgan fingerprint density at radius 3 is 3.00 bits per heavy atom. The number of thioether (sulfide) groups is 1. The summed E-state index contributed by atoms with van der Waals surface area (Å²) in [6, 6.07) is -0.530. The quantitative estimate of drug-likeness (QED) is 0.260. The summed E-state index contributed by atoms with van der Waals surface area (Å²) in [7, 11) is 1.30. The first-order chi connectivity index (χ1) is 11.2. The lowest BCUT2D eigenvalue weighted by atomic mass is 10.3. The number of nitrogens with zero attached hydrogens (tertiary/aromatic N) is 6. The van der Waals surface area contributed by atoms with E-state index < -0.39 is 6.03 Å². The van der Waals surface area contributed by atoms with Crippen molar-refractivity contribution in [3.05, 3.63) is 17.6 Å². The van der Waals surface area contributed by atoms with Crippen LogP contribution in [0.5, 0.6) is 0 Å². The largest absolute Gasteiger partial charge is 0.340 e. The van der Waals surface area contributed by atoms with Gasteiger partial charge in [0, 0.05) is 25.9 Å². The molecule has 0 bridgehead atoms. The first kappa shape index (κ1) is 17.1. The van der Waals surface area contributed by atoms with Crippen LogP contribution in [0, 0.1) is 4.91 Å². The molecule has 124 valence electrons. The second-order valence-electron chi connectivity index (χ2n) is 4.83. The second-order valence-corrected chi connectivity index (χ2v) is 5.91. The van der Waals surface area contributed by atoms with Gasteiger partial charge in [-0.3, -0.25) is 0 Å². The molecule has 2 aromatic heterocycles. The lowest BCUT2D eigenvalue weighted by Crippen LogP contribution is -2.34. The highest BCUT2D eigenvalue weighted by Gasteiger charge is 2.11. The predicted octanol–water partition coefficient (Wildman–Crippen LogP) is 2.04. The van der Waals surface area contributed by atoms with Gasteiger partial charge >= 0.3 is 6.03 Å². The number of carbonyl (C=O) groups is 1. The summed E-state index contributed by atoms with van der Waals surface area (Å²) in [5, 5.41) is 6.60. The molecule has 0 spiro atoms. The van der Waals surface area contributed by atoms with Crippen LogP contribution in [-0.4, -0.2) is 49.9 Å². The maximum absolute atomic E-state index is 11.4. The molecule has 0 atom stereocenters. The van der Waals surface area contributed by atoms with E-state index in [1.807, 2.05) is 4.57 Å². The number of nitroso groups, excluding NO2 is 1. The van der Waals surface area contributed by atoms with E-state index in [-0.39, 0.29) is 0 Å². The highest BCUT2D eigenvalue weighted by molar-refractivity contribution is 7.99. The molecule has 0 aromatic carbocycles. The van der Waals surface area contributed by atoms with Crippen LogP contribution in [0.3, 0.4) is 0 Å². The Labute approximate surface area is 137 Å². The Hall–Kier alpha value is -2.23. The van der Waals surface area contributed by atoms with Crippen LogP contribution in [0.25, 0.3) is 11.2 Å². The zero-order chi connectivity index (χ0) is 16.7. The summed E-state index contributed by atoms with van der Waals surface area (Å²) >= 11 is 1.48. The molecule has 0 saturated carbocycles. The van der Waals surface area contributed by atoms with Crippen molar-refractivity contribution >= 4 is 29.0 Å². The number of aryl methyl sites for hydroxylation is 1. The third kappa shape index (κ3) is 4.38. The normalized spacial score (nSPS) is 10.7. The highest BCUT2D eigenvalue weighted by Crippen LogP contribution is 2.22. The Bertz CT molecular complexity index is 675. The van der Waals surface area contributed by atoms with Gasteiger partial charge in [0.1, 0.15) is 16.9 Å². The third-order valence-corrected chi connectivity index (χ3v) is 4.13. The molecule has 0 fully saturated rings. The number of rotatable bonds is 8. The number of carbonyl (C=O) groups excluding carboxylic acids is 1. The number of hydrogen-bond acceptors (Lipinski definition) is 7. The molecular weight excluding hydrogens is 318 g/mol. The average Bonchev–Trinajstić information content (AvgIpc) is 2.99. The number of unbranched alkanes of at least 4 members (excludes halogenated alkanes) is 1. The van der Waals surface area contributed by atoms with E-state index in [1.54, 1.807) is 6.33 Å². The number of nitrogens with one attached hydrogen (secondary N) is 1. The van der Waals surface area contributed by atoms with Gasteiger partial charge in [-0.15, -0.1) is 16.7 Å². The predicted molar refractivity (Wildman–Crippen MR) is 87.9 cm³/mol. The molecular formula is C13H19N7O2S. The van der Waals surface area contributed by atoms with Crippen molar-refractivity contribution in [2.45, 2.75) is 31.3 Å². The first-order valence-corrected chi connectivity index (χ1v) is 8.29. The molecule has 0 aliphatic carbocycles. The fourth-order valence-electron chi connectivity index (χ4n) is 1.91. The number of aromatic nitrogens is 4. The zero-order valence-electron chi connectivity index (χ0n) is 13.1. The van der Waals surface area contributed by atoms with Crippen molar-refractivity contribution in [3.8, 4) is 0 Å². The average molecular weight is 337 g/mol. The standard InChI is InChI=1S/C13H19N7O2S/c1-3-4-6-20-9-17-10-11(20)15-8-16-12(10)23-7-5-14-13(21)19(2)18-22/h8-9H,3-7H2,1-2H3,(H,14,21). The van der Waals surface area contributed by atoms with E-state index in [4.69, 9.17) is 0 Å². The van der Waals surface area contributed by atoms with E-state index in [9.17, 15) is 9.70 Å². The van der Waals surface area contributed by atoms with Gasteiger partial charge in [0.25, 0.3) is 0 Å². The summed E-state index contributed by atoms with van der Waals surface area (Å²) in [5.41, 5.74) is 1.59. The van der Waals surface area contributed by atoms with Crippen molar-refractivity contribution in [2.24, 2.45) is 5.29 Å². The molecule has 2 rings (SSSR count). The van der Waals surface area contributed by atoms with Crippen LogP contribution in [0.2, 0.25) is 0 Å². The molecule has 2 aromatic rings. The van der Waals surface area contributed by atoms with Gasteiger partial charge < -0.3 is 9.88 Å². The molecule has 0 aliphatic heterocycles. The molecule has 10 heteroatoms. The van der Waals surface area contributed by atoms with Crippen LogP contribution in [0.4, 0.5) is 4.79 Å². The summed E-state index contributed by atoms with van der Waals surface area (Å²) in [6.45, 7) is 3.42. The maximum Gasteiger partial charge on any atom is 0.340 e. The first-order valence-electron chi connectivity index (χ1n) is 7.30. The third-order valence-electron chi connectivity index (χ3n) is 3.15. The molecule has 0 saturated heterocycles. The zero-order valence-corrected chi connectivity index (χ0v) is 13.9. The van der Waals surface area contributed by atoms with Crippen molar-refractivity contribution in [1.82, 2.24) is 29.8 Å². The van der Waals surface area contributed by atoms with Crippen molar-refractivity contribution in [2.75, 3.05) is 19.3 Å². The fraction of sp³-hybridized carbons (Fsp3) is 0.538. The number of amides is 2. The van der Waals surface area contributed by atoms with Gasteiger partial charge in [-0.1, -0.05) is 13.3 Å². The molecule has 1 N–H and O–H groups in total. The SMILES string of the molecule is CCCCn1cnc2c(SCCNC(=O)N(C)N=O)ncnc21. The Balaban J connectivity index is 1.94. The molecule has 9 nitrogen and oxygen atoms in total. The monoisotopic (exact) mass is 337 g/mol. The van der Waals surface area contributed by atoms with Gasteiger partial charge in [-0.25, -0.2) is 19.7 Å². The smallest absolute Gasteiger partial charge is 0.336 e. The van der Waals surface area contributed by atoms with E-state index in [1.165, 1.54) is 25.1 Å². The minimum absolute atomic E-state index is 0.394. The summed E-state index contributed by atoms with van der Waals surface area (Å²) in [5.74, 6) is 0.604. The van der Waals surface area contributed by atoms with Crippen molar-refractivity contribution in [1.29, 1.82) is 0 Å². The van der Waals surface area contributed by atoms with E-state index >= 15 is 0 Å². The van der Waals surface area contributed by atoms with Gasteiger partial charge in [-0.05, 0) is 6.42 Å². The van der Waals surface area contributed by atoms with Gasteiger partial charge in [-0.2, -0.15) is 5.01 Å². The number of urea groups is 1. The van der Waals surface area contributed by atoms with Crippen LogP contribution in [0.15, 0.2) is 23.0 Å². The molecule has 0 unspecified atom stereocenters. The van der Waals surface area contributed by atoms with Gasteiger partial charge in [0.05, 0.1) is 11.6 Å². The topological polar surface area (TPSA) is 105 Å². The van der Waals surface area contributed by atoms with Crippen LogP contribution < -0.4 is 5.32 Å². The Kier molecular flexibility index (Phi) is 6.27. The van der Waals surface area contributed by atoms with Crippen LogP contribution >= 0.6 is 11.8 Å². The van der Waals surface area contributed by atoms with E-state index in [2.05, 4.69) is 32.5 Å². The van der Waals surface area contributed by atoms with E-state index in [0.717, 1.165) is 35.6 Å². The summed E-state index contributed by atoms with van der Waals surface area (Å²) < 4.78 is 2.02. The molecule has 0 radical (unpaired) electrons. The maximum atomic E-state index is 11.4. The fourth-order valence-corrected chi connectivity index (χ4v) is 2.71. The number of hydrogen-bond donors (Lipinski definition) is 1. The van der Waals surface area contributed by atoms with Crippen LogP contribution in [-0.2, 0) is 6.54 Å². The van der Waals surface area contributed by atoms with Crippen molar-refractivity contribution < 1.29 is 4.79 Å². The van der Waals surface area contributed by atoms with Crippen LogP contribution in [0.1, 0.15) is 19.8 Å². The number of imidazole rings is 1. The summed E-state index contributed by atoms with van der Waals surface area (Å²) in [6.07, 6.45) is 5.49. The Morgan fingerprint density at radius 2 is 2.26 bits per heavy atom. The molecule has 23 heavy (non-hydrogen) atoms. The van der Waals surface area contributed by atoms with E-state index in [0.29, 0.717) is 17.3 Å². The van der Waals surface area contributed by atoms with Crippen molar-refractivity contribution in [3.63, 3.8) is 0 Å². The minimum Gasteiger partial charge on any atom is -0.336 e. The molecule has 2 amide bonds.